The Kier molecular flexibility index (Phi) is 5.29. The highest BCUT2D eigenvalue weighted by atomic mass is 32.2. The summed E-state index contributed by atoms with van der Waals surface area (Å²) in [7, 11) is -3.83. The predicted molar refractivity (Wildman–Crippen MR) is 129 cm³/mol. The molecule has 2 saturated heterocycles. The van der Waals surface area contributed by atoms with Crippen molar-refractivity contribution >= 4 is 32.5 Å². The maximum Gasteiger partial charge on any atom is 0.263 e. The number of hydrogen-bond donors (Lipinski definition) is 1. The van der Waals surface area contributed by atoms with Gasteiger partial charge in [-0.15, -0.1) is 0 Å². The molecular weight excluding hydrogens is 470 g/mol. The van der Waals surface area contributed by atoms with Gasteiger partial charge in [-0.2, -0.15) is 4.31 Å². The van der Waals surface area contributed by atoms with Gasteiger partial charge in [0.15, 0.2) is 5.79 Å². The lowest BCUT2D eigenvalue weighted by atomic mass is 10.1. The van der Waals surface area contributed by atoms with Crippen molar-refractivity contribution in [3.63, 3.8) is 0 Å². The van der Waals surface area contributed by atoms with Crippen LogP contribution in [0.3, 0.4) is 0 Å². The lowest BCUT2D eigenvalue weighted by molar-refractivity contribution is -0.179. The molecule has 10 heteroatoms. The summed E-state index contributed by atoms with van der Waals surface area (Å²) < 4.78 is 39.5. The Bertz CT molecular complexity index is 1480. The van der Waals surface area contributed by atoms with Gasteiger partial charge in [0.1, 0.15) is 5.56 Å². The van der Waals surface area contributed by atoms with Gasteiger partial charge < -0.3 is 19.4 Å². The number of H-pyrrole nitrogens is 1. The van der Waals surface area contributed by atoms with E-state index < -0.39 is 27.1 Å². The van der Waals surface area contributed by atoms with Gasteiger partial charge in [0.25, 0.3) is 5.91 Å². The fourth-order valence-corrected chi connectivity index (χ4v) is 6.68. The van der Waals surface area contributed by atoms with Crippen molar-refractivity contribution in [2.75, 3.05) is 37.7 Å². The van der Waals surface area contributed by atoms with Crippen molar-refractivity contribution in [1.82, 2.24) is 9.29 Å². The van der Waals surface area contributed by atoms with Crippen LogP contribution in [0.2, 0.25) is 0 Å². The van der Waals surface area contributed by atoms with Crippen molar-refractivity contribution in [1.29, 1.82) is 0 Å². The van der Waals surface area contributed by atoms with Crippen molar-refractivity contribution in [3.8, 4) is 0 Å². The van der Waals surface area contributed by atoms with Gasteiger partial charge in [0.05, 0.1) is 18.1 Å². The zero-order valence-electron chi connectivity index (χ0n) is 19.0. The second-order valence-corrected chi connectivity index (χ2v) is 11.0. The molecule has 0 bridgehead atoms. The molecule has 0 saturated carbocycles. The van der Waals surface area contributed by atoms with Crippen LogP contribution in [0, 0.1) is 0 Å². The Morgan fingerprint density at radius 2 is 1.74 bits per heavy atom. The molecule has 0 unspecified atom stereocenters. The molecule has 0 aliphatic carbocycles. The molecule has 1 amide bonds. The van der Waals surface area contributed by atoms with Crippen LogP contribution in [0.1, 0.15) is 28.8 Å². The van der Waals surface area contributed by atoms with Gasteiger partial charge in [-0.25, -0.2) is 8.42 Å². The minimum absolute atomic E-state index is 0.0146. The first-order valence-electron chi connectivity index (χ1n) is 11.7. The van der Waals surface area contributed by atoms with Crippen molar-refractivity contribution < 1.29 is 22.7 Å². The molecule has 0 atom stereocenters. The van der Waals surface area contributed by atoms with E-state index in [4.69, 9.17) is 9.47 Å². The van der Waals surface area contributed by atoms with E-state index >= 15 is 0 Å². The van der Waals surface area contributed by atoms with Gasteiger partial charge in [0, 0.05) is 55.3 Å². The van der Waals surface area contributed by atoms with Crippen LogP contribution in [0.25, 0.3) is 10.9 Å². The van der Waals surface area contributed by atoms with Crippen molar-refractivity contribution in [2.24, 2.45) is 0 Å². The smallest absolute Gasteiger partial charge is 0.263 e. The van der Waals surface area contributed by atoms with Crippen LogP contribution >= 0.6 is 0 Å². The largest absolute Gasteiger partial charge is 0.360 e. The number of carbonyl (C=O) groups excluding carboxylic acids is 1. The Balaban J connectivity index is 1.31. The average molecular weight is 496 g/mol. The van der Waals surface area contributed by atoms with Crippen LogP contribution in [0.15, 0.2) is 58.4 Å². The summed E-state index contributed by atoms with van der Waals surface area (Å²) >= 11 is 0. The fraction of sp³-hybridized carbons (Fsp3) is 0.360. The van der Waals surface area contributed by atoms with Crippen LogP contribution in [0.5, 0.6) is 0 Å². The number of fused-ring (bicyclic) bond motifs is 2. The number of aromatic amines is 1. The summed E-state index contributed by atoms with van der Waals surface area (Å²) in [6, 6.07) is 12.0. The van der Waals surface area contributed by atoms with E-state index in [9.17, 15) is 18.0 Å². The monoisotopic (exact) mass is 495 g/mol. The van der Waals surface area contributed by atoms with E-state index in [2.05, 4.69) is 4.98 Å². The first-order chi connectivity index (χ1) is 16.9. The summed E-state index contributed by atoms with van der Waals surface area (Å²) in [5.74, 6) is -1.08. The van der Waals surface area contributed by atoms with Gasteiger partial charge in [0.2, 0.25) is 15.5 Å². The summed E-state index contributed by atoms with van der Waals surface area (Å²) in [4.78, 5) is 31.3. The SMILES string of the molecule is O=C(c1c[nH]c2ccc(S(=O)(=O)N3CCC4(CC3)OCCO4)cc2c1=O)N1CCc2ccccc21. The molecule has 2 aromatic carbocycles. The molecule has 3 aliphatic rings. The fourth-order valence-electron chi connectivity index (χ4n) is 5.21. The highest BCUT2D eigenvalue weighted by Crippen LogP contribution is 2.34. The van der Waals surface area contributed by atoms with Crippen LogP contribution < -0.4 is 10.3 Å². The summed E-state index contributed by atoms with van der Waals surface area (Å²) in [5.41, 5.74) is 1.82. The number of sulfonamides is 1. The number of ether oxygens (including phenoxy) is 2. The number of benzene rings is 2. The number of nitrogens with one attached hydrogen (secondary N) is 1. The second-order valence-electron chi connectivity index (χ2n) is 9.09. The minimum Gasteiger partial charge on any atom is -0.360 e. The summed E-state index contributed by atoms with van der Waals surface area (Å²) in [5, 5.41) is 0.167. The van der Waals surface area contributed by atoms with Crippen molar-refractivity contribution in [3.05, 3.63) is 70.0 Å². The van der Waals surface area contributed by atoms with Gasteiger partial charge >= 0.3 is 0 Å². The van der Waals surface area contributed by atoms with E-state index in [1.165, 1.54) is 22.6 Å². The third-order valence-corrected chi connectivity index (χ3v) is 9.05. The number of para-hydroxylation sites is 1. The topological polar surface area (TPSA) is 109 Å². The number of piperidine rings is 1. The number of nitrogens with zero attached hydrogens (tertiary/aromatic N) is 2. The molecule has 4 heterocycles. The molecule has 9 nitrogen and oxygen atoms in total. The highest BCUT2D eigenvalue weighted by Gasteiger charge is 2.42. The normalized spacial score (nSPS) is 19.9. The lowest BCUT2D eigenvalue weighted by Crippen LogP contribution is -2.47. The molecule has 3 aliphatic heterocycles. The van der Waals surface area contributed by atoms with Crippen LogP contribution in [-0.4, -0.2) is 62.2 Å². The third-order valence-electron chi connectivity index (χ3n) is 7.15. The maximum absolute atomic E-state index is 13.4. The van der Waals surface area contributed by atoms with E-state index in [-0.39, 0.29) is 28.9 Å². The first-order valence-corrected chi connectivity index (χ1v) is 13.2. The number of anilines is 1. The van der Waals surface area contributed by atoms with E-state index in [0.29, 0.717) is 38.1 Å². The molecule has 1 aromatic heterocycles. The molecule has 2 fully saturated rings. The molecule has 3 aromatic rings. The molecule has 35 heavy (non-hydrogen) atoms. The van der Waals surface area contributed by atoms with Gasteiger partial charge in [-0.05, 0) is 36.2 Å². The van der Waals surface area contributed by atoms with Gasteiger partial charge in [-0.3, -0.25) is 9.59 Å². The zero-order chi connectivity index (χ0) is 24.2. The molecule has 182 valence electrons. The van der Waals surface area contributed by atoms with E-state index in [1.54, 1.807) is 11.0 Å². The Morgan fingerprint density at radius 1 is 1.00 bits per heavy atom. The predicted octanol–water partition coefficient (Wildman–Crippen LogP) is 2.26. The minimum atomic E-state index is -3.83. The molecular formula is C25H25N3O6S. The molecule has 6 rings (SSSR count). The van der Waals surface area contributed by atoms with E-state index in [0.717, 1.165) is 17.7 Å². The number of aromatic nitrogens is 1. The van der Waals surface area contributed by atoms with Crippen LogP contribution in [0.4, 0.5) is 5.69 Å². The van der Waals surface area contributed by atoms with E-state index in [1.807, 2.05) is 24.3 Å². The Morgan fingerprint density at radius 3 is 2.51 bits per heavy atom. The molecule has 1 N–H and O–H groups in total. The quantitative estimate of drug-likeness (QED) is 0.597. The molecule has 1 spiro atoms. The Labute approximate surface area is 202 Å². The highest BCUT2D eigenvalue weighted by molar-refractivity contribution is 7.89. The lowest BCUT2D eigenvalue weighted by Gasteiger charge is -2.36. The number of hydrogen-bond acceptors (Lipinski definition) is 6. The van der Waals surface area contributed by atoms with Crippen LogP contribution in [-0.2, 0) is 25.9 Å². The summed E-state index contributed by atoms with van der Waals surface area (Å²) in [6.07, 6.45) is 3.05. The maximum atomic E-state index is 13.4. The average Bonchev–Trinajstić information content (AvgIpc) is 3.51. The molecule has 0 radical (unpaired) electrons. The third kappa shape index (κ3) is 3.68. The number of rotatable bonds is 3. The summed E-state index contributed by atoms with van der Waals surface area (Å²) in [6.45, 7) is 2.07. The number of amides is 1. The first kappa shape index (κ1) is 22.4. The second kappa shape index (κ2) is 8.27. The zero-order valence-corrected chi connectivity index (χ0v) is 19.8. The van der Waals surface area contributed by atoms with Crippen molar-refractivity contribution in [2.45, 2.75) is 29.9 Å². The standard InChI is InChI=1S/C25H25N3O6S/c29-23-19-15-18(35(31,32)27-11-8-25(9-12-27)33-13-14-34-25)5-6-21(19)26-16-20(23)24(30)28-10-7-17-3-1-2-4-22(17)28/h1-6,15-16H,7-14H2,(H,26,29). The number of pyridine rings is 1. The Hall–Kier alpha value is -3.05. The van der Waals surface area contributed by atoms with Gasteiger partial charge in [-0.1, -0.05) is 18.2 Å². The number of carbonyl (C=O) groups is 1.